The molecule has 0 saturated heterocycles. The second-order valence-corrected chi connectivity index (χ2v) is 14.0. The van der Waals surface area contributed by atoms with Crippen LogP contribution in [0.15, 0.2) is 48.5 Å². The molecule has 1 heteroatoms. The van der Waals surface area contributed by atoms with Gasteiger partial charge in [-0.2, -0.15) is 0 Å². The Balaban J connectivity index is 2.18. The summed E-state index contributed by atoms with van der Waals surface area (Å²) in [6.45, 7) is 18.5. The third-order valence-electron chi connectivity index (χ3n) is 6.00. The molecule has 0 unspecified atom stereocenters. The van der Waals surface area contributed by atoms with Gasteiger partial charge in [0, 0.05) is 0 Å². The molecule has 0 bridgehead atoms. The molecule has 0 nitrogen and oxygen atoms in total. The molecule has 3 aromatic carbocycles. The van der Waals surface area contributed by atoms with E-state index in [4.69, 9.17) is 0 Å². The minimum Gasteiger partial charge on any atom is -0.0656 e. The molecule has 140 valence electrons. The number of rotatable bonds is 3. The van der Waals surface area contributed by atoms with Gasteiger partial charge in [-0.15, -0.1) is 0 Å². The Kier molecular flexibility index (Phi) is 5.18. The summed E-state index contributed by atoms with van der Waals surface area (Å²) in [6.07, 6.45) is 0. The Hall–Kier alpha value is -2.12. The smallest absolute Gasteiger partial charge is 0.0656 e. The van der Waals surface area contributed by atoms with Crippen LogP contribution in [0.5, 0.6) is 0 Å². The lowest BCUT2D eigenvalue weighted by molar-refractivity contribution is 1.24. The fourth-order valence-electron chi connectivity index (χ4n) is 4.04. The second kappa shape index (κ2) is 7.13. The molecule has 0 radical (unpaired) electrons. The molecule has 0 heterocycles. The van der Waals surface area contributed by atoms with Crippen molar-refractivity contribution in [2.24, 2.45) is 0 Å². The topological polar surface area (TPSA) is 0 Å². The minimum atomic E-state index is -1.26. The zero-order valence-electron chi connectivity index (χ0n) is 18.1. The predicted molar refractivity (Wildman–Crippen MR) is 124 cm³/mol. The largest absolute Gasteiger partial charge is 0.0775 e. The van der Waals surface area contributed by atoms with Gasteiger partial charge in [-0.25, -0.2) is 0 Å². The van der Waals surface area contributed by atoms with Crippen LogP contribution >= 0.6 is 0 Å². The Morgan fingerprint density at radius 2 is 0.815 bits per heavy atom. The van der Waals surface area contributed by atoms with Gasteiger partial charge in [-0.05, 0) is 79.1 Å². The highest BCUT2D eigenvalue weighted by molar-refractivity contribution is 6.88. The van der Waals surface area contributed by atoms with E-state index in [1.807, 2.05) is 0 Å². The molecule has 3 aromatic rings. The van der Waals surface area contributed by atoms with Gasteiger partial charge in [0.05, 0.1) is 8.07 Å². The average molecular weight is 373 g/mol. The highest BCUT2D eigenvalue weighted by Crippen LogP contribution is 2.38. The molecule has 0 spiro atoms. The third-order valence-corrected chi connectivity index (χ3v) is 8.07. The fourth-order valence-corrected chi connectivity index (χ4v) is 5.20. The molecule has 0 aliphatic rings. The van der Waals surface area contributed by atoms with Gasteiger partial charge in [-0.3, -0.25) is 0 Å². The van der Waals surface area contributed by atoms with E-state index in [0.717, 1.165) is 0 Å². The van der Waals surface area contributed by atoms with E-state index in [0.29, 0.717) is 0 Å². The second-order valence-electron chi connectivity index (χ2n) is 8.94. The van der Waals surface area contributed by atoms with Crippen LogP contribution in [0.25, 0.3) is 22.3 Å². The van der Waals surface area contributed by atoms with Gasteiger partial charge in [0.25, 0.3) is 0 Å². The quantitative estimate of drug-likeness (QED) is 0.430. The van der Waals surface area contributed by atoms with Gasteiger partial charge < -0.3 is 0 Å². The van der Waals surface area contributed by atoms with Crippen molar-refractivity contribution < 1.29 is 0 Å². The van der Waals surface area contributed by atoms with Crippen LogP contribution in [0.3, 0.4) is 0 Å². The van der Waals surface area contributed by atoms with Crippen LogP contribution in [0.4, 0.5) is 0 Å². The van der Waals surface area contributed by atoms with Gasteiger partial charge in [0.15, 0.2) is 0 Å². The molecule has 0 aliphatic heterocycles. The zero-order chi connectivity index (χ0) is 19.9. The van der Waals surface area contributed by atoms with Crippen LogP contribution in [-0.4, -0.2) is 8.07 Å². The average Bonchev–Trinajstić information content (AvgIpc) is 2.62. The maximum absolute atomic E-state index is 2.41. The lowest BCUT2D eigenvalue weighted by atomic mass is 9.83. The van der Waals surface area contributed by atoms with Gasteiger partial charge in [0.2, 0.25) is 0 Å². The van der Waals surface area contributed by atoms with E-state index < -0.39 is 8.07 Å². The van der Waals surface area contributed by atoms with Crippen LogP contribution in [0, 0.1) is 34.6 Å². The first-order valence-electron chi connectivity index (χ1n) is 9.89. The third kappa shape index (κ3) is 3.66. The standard InChI is InChI=1S/C26H32Si/c1-17-9-11-22(12-10-17)25-18(2)20(4)26(21(5)19(25)3)23-13-15-24(16-14-23)27(6,7)8/h9-16H,1-8H3. The van der Waals surface area contributed by atoms with Crippen molar-refractivity contribution in [2.45, 2.75) is 54.3 Å². The number of aryl methyl sites for hydroxylation is 1. The number of hydrogen-bond acceptors (Lipinski definition) is 0. The molecule has 3 rings (SSSR count). The van der Waals surface area contributed by atoms with E-state index in [1.54, 1.807) is 0 Å². The first-order valence-corrected chi connectivity index (χ1v) is 13.4. The Bertz CT molecular complexity index is 940. The van der Waals surface area contributed by atoms with Crippen LogP contribution < -0.4 is 5.19 Å². The van der Waals surface area contributed by atoms with Crippen molar-refractivity contribution in [3.63, 3.8) is 0 Å². The zero-order valence-corrected chi connectivity index (χ0v) is 19.1. The maximum atomic E-state index is 2.41. The van der Waals surface area contributed by atoms with Crippen molar-refractivity contribution in [3.8, 4) is 22.3 Å². The first kappa shape index (κ1) is 19.6. The van der Waals surface area contributed by atoms with Crippen LogP contribution in [0.1, 0.15) is 27.8 Å². The molecular formula is C26H32Si. The first-order chi connectivity index (χ1) is 12.6. The molecule has 0 N–H and O–H groups in total. The summed E-state index contributed by atoms with van der Waals surface area (Å²) in [5.41, 5.74) is 12.4. The summed E-state index contributed by atoms with van der Waals surface area (Å²) in [5, 5.41) is 1.52. The molecule has 0 aromatic heterocycles. The molecule has 0 aliphatic carbocycles. The summed E-state index contributed by atoms with van der Waals surface area (Å²) in [4.78, 5) is 0. The van der Waals surface area contributed by atoms with E-state index in [9.17, 15) is 0 Å². The van der Waals surface area contributed by atoms with Crippen LogP contribution in [-0.2, 0) is 0 Å². The van der Waals surface area contributed by atoms with Gasteiger partial charge >= 0.3 is 0 Å². The monoisotopic (exact) mass is 372 g/mol. The van der Waals surface area contributed by atoms with E-state index in [2.05, 4.69) is 103 Å². The highest BCUT2D eigenvalue weighted by atomic mass is 28.3. The Labute approximate surface area is 166 Å². The lowest BCUT2D eigenvalue weighted by Crippen LogP contribution is -2.37. The normalized spacial score (nSPS) is 11.7. The SMILES string of the molecule is Cc1ccc(-c2c(C)c(C)c(-c3ccc([Si](C)(C)C)cc3)c(C)c2C)cc1. The highest BCUT2D eigenvalue weighted by Gasteiger charge is 2.19. The number of hydrogen-bond donors (Lipinski definition) is 0. The molecule has 0 atom stereocenters. The van der Waals surface area contributed by atoms with Gasteiger partial charge in [0.1, 0.15) is 0 Å². The van der Waals surface area contributed by atoms with Crippen molar-refractivity contribution in [3.05, 3.63) is 76.3 Å². The van der Waals surface area contributed by atoms with Crippen LogP contribution in [0.2, 0.25) is 19.6 Å². The molecule has 0 saturated carbocycles. The number of benzene rings is 3. The van der Waals surface area contributed by atoms with Crippen molar-refractivity contribution in [2.75, 3.05) is 0 Å². The Morgan fingerprint density at radius 3 is 1.15 bits per heavy atom. The predicted octanol–water partition coefficient (Wildman–Crippen LogP) is 7.11. The lowest BCUT2D eigenvalue weighted by Gasteiger charge is -2.22. The van der Waals surface area contributed by atoms with E-state index >= 15 is 0 Å². The fraction of sp³-hybridized carbons (Fsp3) is 0.308. The molecule has 27 heavy (non-hydrogen) atoms. The van der Waals surface area contributed by atoms with Gasteiger partial charge in [-0.1, -0.05) is 78.9 Å². The van der Waals surface area contributed by atoms with Crippen molar-refractivity contribution in [1.29, 1.82) is 0 Å². The minimum absolute atomic E-state index is 1.26. The summed E-state index contributed by atoms with van der Waals surface area (Å²) >= 11 is 0. The summed E-state index contributed by atoms with van der Waals surface area (Å²) in [6, 6.07) is 18.3. The molecule has 0 amide bonds. The summed E-state index contributed by atoms with van der Waals surface area (Å²) in [7, 11) is -1.26. The summed E-state index contributed by atoms with van der Waals surface area (Å²) in [5.74, 6) is 0. The van der Waals surface area contributed by atoms with Crippen molar-refractivity contribution in [1.82, 2.24) is 0 Å². The molecule has 0 fully saturated rings. The summed E-state index contributed by atoms with van der Waals surface area (Å²) < 4.78 is 0. The Morgan fingerprint density at radius 1 is 0.481 bits per heavy atom. The van der Waals surface area contributed by atoms with Crippen molar-refractivity contribution >= 4 is 13.3 Å². The maximum Gasteiger partial charge on any atom is 0.0775 e. The van der Waals surface area contributed by atoms with E-state index in [1.165, 1.54) is 55.3 Å². The molecular weight excluding hydrogens is 340 g/mol. The van der Waals surface area contributed by atoms with E-state index in [-0.39, 0.29) is 0 Å².